The number of hydrogen-bond donors (Lipinski definition) is 4. The van der Waals surface area contributed by atoms with Crippen LogP contribution in [0.15, 0.2) is 45.9 Å². The summed E-state index contributed by atoms with van der Waals surface area (Å²) in [5.74, 6) is -0.199. The fourth-order valence-corrected chi connectivity index (χ4v) is 3.86. The van der Waals surface area contributed by atoms with E-state index in [1.165, 1.54) is 6.08 Å². The molecule has 2 aromatic rings. The molecule has 0 saturated carbocycles. The zero-order valence-corrected chi connectivity index (χ0v) is 18.4. The minimum Gasteiger partial charge on any atom is -0.506 e. The largest absolute Gasteiger partial charge is 0.506 e. The zero-order chi connectivity index (χ0) is 20.3. The van der Waals surface area contributed by atoms with Gasteiger partial charge in [-0.2, -0.15) is 0 Å². The summed E-state index contributed by atoms with van der Waals surface area (Å²) in [6, 6.07) is 6.35. The fraction of sp³-hybridized carbons (Fsp3) is 0.222. The van der Waals surface area contributed by atoms with Gasteiger partial charge in [-0.05, 0) is 24.3 Å². The molecule has 3 unspecified atom stereocenters. The fourth-order valence-electron chi connectivity index (χ4n) is 2.19. The van der Waals surface area contributed by atoms with E-state index in [0.29, 0.717) is 22.2 Å². The monoisotopic (exact) mass is 540 g/mol. The third-order valence-corrected chi connectivity index (χ3v) is 5.18. The summed E-state index contributed by atoms with van der Waals surface area (Å²) < 4.78 is 6.36. The number of phenolic OH excluding ortho intramolecular Hbond substituents is 2. The van der Waals surface area contributed by atoms with E-state index in [0.717, 1.165) is 4.47 Å². The molecule has 3 rings (SSSR count). The second-order valence-electron chi connectivity index (χ2n) is 5.65. The van der Waals surface area contributed by atoms with Crippen molar-refractivity contribution < 1.29 is 25.2 Å². The lowest BCUT2D eigenvalue weighted by atomic mass is 10.1. The molecule has 2 aromatic carbocycles. The van der Waals surface area contributed by atoms with Crippen LogP contribution in [0.3, 0.4) is 0 Å². The first kappa shape index (κ1) is 22.5. The van der Waals surface area contributed by atoms with Crippen LogP contribution in [0.1, 0.15) is 23.3 Å². The van der Waals surface area contributed by atoms with Gasteiger partial charge in [-0.25, -0.2) is 0 Å². The Morgan fingerprint density at radius 3 is 1.89 bits per heavy atom. The van der Waals surface area contributed by atoms with Gasteiger partial charge in [-0.1, -0.05) is 61.1 Å². The van der Waals surface area contributed by atoms with Gasteiger partial charge < -0.3 is 25.2 Å². The summed E-state index contributed by atoms with van der Waals surface area (Å²) in [7, 11) is 0. The molecule has 3 atom stereocenters. The lowest BCUT2D eigenvalue weighted by Crippen LogP contribution is -2.05. The van der Waals surface area contributed by atoms with Crippen molar-refractivity contribution in [3.05, 3.63) is 67.0 Å². The molecule has 0 amide bonds. The van der Waals surface area contributed by atoms with E-state index in [-0.39, 0.29) is 27.6 Å². The Labute approximate surface area is 183 Å². The van der Waals surface area contributed by atoms with Gasteiger partial charge in [0, 0.05) is 20.1 Å². The Hall–Kier alpha value is -0.800. The van der Waals surface area contributed by atoms with Crippen LogP contribution in [0.5, 0.6) is 11.5 Å². The van der Waals surface area contributed by atoms with Crippen LogP contribution in [-0.4, -0.2) is 33.1 Å². The maximum atomic E-state index is 9.73. The van der Waals surface area contributed by atoms with E-state index in [1.807, 2.05) is 0 Å². The van der Waals surface area contributed by atoms with Crippen LogP contribution in [0.2, 0.25) is 10.0 Å². The van der Waals surface area contributed by atoms with Gasteiger partial charge in [0.2, 0.25) is 0 Å². The van der Waals surface area contributed by atoms with Crippen molar-refractivity contribution in [3.63, 3.8) is 0 Å². The summed E-state index contributed by atoms with van der Waals surface area (Å²) in [6.45, 7) is 3.94. The highest BCUT2D eigenvalue weighted by molar-refractivity contribution is 9.10. The molecule has 1 aliphatic rings. The number of benzene rings is 2. The number of epoxide rings is 1. The van der Waals surface area contributed by atoms with Crippen LogP contribution < -0.4 is 0 Å². The lowest BCUT2D eigenvalue weighted by molar-refractivity contribution is 0.134. The molecule has 1 heterocycles. The van der Waals surface area contributed by atoms with Crippen molar-refractivity contribution in [3.8, 4) is 11.5 Å². The van der Waals surface area contributed by atoms with Gasteiger partial charge in [-0.3, -0.25) is 0 Å². The molecule has 1 aliphatic heterocycles. The number of aromatic hydroxyl groups is 2. The summed E-state index contributed by atoms with van der Waals surface area (Å²) in [5, 5.41) is 38.6. The molecular formula is C18H16Br2Cl2O5. The maximum Gasteiger partial charge on any atom is 0.140 e. The summed E-state index contributed by atoms with van der Waals surface area (Å²) in [4.78, 5) is 0. The second-order valence-corrected chi connectivity index (χ2v) is 8.29. The normalized spacial score (nSPS) is 17.5. The van der Waals surface area contributed by atoms with Crippen LogP contribution in [0, 0.1) is 0 Å². The molecule has 146 valence electrons. The minimum absolute atomic E-state index is 0.0853. The van der Waals surface area contributed by atoms with Crippen LogP contribution in [0.4, 0.5) is 0 Å². The van der Waals surface area contributed by atoms with Gasteiger partial charge in [-0.15, -0.1) is 6.58 Å². The van der Waals surface area contributed by atoms with E-state index >= 15 is 0 Å². The molecular weight excluding hydrogens is 527 g/mol. The highest BCUT2D eigenvalue weighted by Crippen LogP contribution is 2.39. The molecule has 27 heavy (non-hydrogen) atoms. The van der Waals surface area contributed by atoms with Crippen molar-refractivity contribution >= 4 is 55.1 Å². The molecule has 0 radical (unpaired) electrons. The van der Waals surface area contributed by atoms with E-state index < -0.39 is 12.2 Å². The summed E-state index contributed by atoms with van der Waals surface area (Å²) in [6.07, 6.45) is -0.621. The van der Waals surface area contributed by atoms with Gasteiger partial charge in [0.1, 0.15) is 29.8 Å². The Morgan fingerprint density at radius 2 is 1.44 bits per heavy atom. The molecule has 4 N–H and O–H groups in total. The van der Waals surface area contributed by atoms with Crippen molar-refractivity contribution in [2.45, 2.75) is 18.3 Å². The predicted octanol–water partition coefficient (Wildman–Crippen LogP) is 5.27. The predicted molar refractivity (Wildman–Crippen MR) is 111 cm³/mol. The van der Waals surface area contributed by atoms with Crippen molar-refractivity contribution in [2.75, 3.05) is 6.61 Å². The van der Waals surface area contributed by atoms with E-state index in [9.17, 15) is 20.4 Å². The quantitative estimate of drug-likeness (QED) is 0.312. The number of halogens is 4. The smallest absolute Gasteiger partial charge is 0.140 e. The third kappa shape index (κ3) is 5.84. The topological polar surface area (TPSA) is 93.5 Å². The van der Waals surface area contributed by atoms with Crippen LogP contribution in [0.25, 0.3) is 0 Å². The van der Waals surface area contributed by atoms with Crippen molar-refractivity contribution in [2.24, 2.45) is 0 Å². The molecule has 0 spiro atoms. The Kier molecular flexibility index (Phi) is 8.00. The Morgan fingerprint density at radius 1 is 1.00 bits per heavy atom. The maximum absolute atomic E-state index is 9.73. The third-order valence-electron chi connectivity index (χ3n) is 3.69. The van der Waals surface area contributed by atoms with E-state index in [1.54, 1.807) is 24.3 Å². The standard InChI is InChI=1S/C9H8BrClO3.C9H8BrClO2/c10-4-1-5(8(12)6(11)2-4)9(13)7-3-14-7;1-2-8(12)6-3-5(10)4-7(11)9(6)13/h1-2,7,9,12-13H,3H2;2-4,8,12-13H,1H2. The Balaban J connectivity index is 0.000000194. The summed E-state index contributed by atoms with van der Waals surface area (Å²) in [5.41, 5.74) is 0.737. The number of phenols is 2. The number of ether oxygens (including phenoxy) is 1. The molecule has 0 bridgehead atoms. The van der Waals surface area contributed by atoms with Gasteiger partial charge in [0.05, 0.1) is 16.7 Å². The molecule has 9 heteroatoms. The zero-order valence-electron chi connectivity index (χ0n) is 13.7. The van der Waals surface area contributed by atoms with E-state index in [2.05, 4.69) is 38.4 Å². The first-order valence-corrected chi connectivity index (χ1v) is 9.96. The highest BCUT2D eigenvalue weighted by Gasteiger charge is 2.34. The van der Waals surface area contributed by atoms with Gasteiger partial charge >= 0.3 is 0 Å². The van der Waals surface area contributed by atoms with Crippen LogP contribution >= 0.6 is 55.1 Å². The summed E-state index contributed by atoms with van der Waals surface area (Å²) >= 11 is 17.9. The second kappa shape index (κ2) is 9.60. The average Bonchev–Trinajstić information content (AvgIpc) is 3.45. The van der Waals surface area contributed by atoms with E-state index in [4.69, 9.17) is 27.9 Å². The highest BCUT2D eigenvalue weighted by atomic mass is 79.9. The molecule has 1 saturated heterocycles. The molecule has 5 nitrogen and oxygen atoms in total. The number of aliphatic hydroxyl groups is 2. The Bertz CT molecular complexity index is 843. The number of aliphatic hydroxyl groups excluding tert-OH is 2. The van der Waals surface area contributed by atoms with Gasteiger partial charge in [0.25, 0.3) is 0 Å². The first-order chi connectivity index (χ1) is 12.6. The molecule has 1 fully saturated rings. The van der Waals surface area contributed by atoms with Gasteiger partial charge in [0.15, 0.2) is 0 Å². The average molecular weight is 543 g/mol. The van der Waals surface area contributed by atoms with Crippen molar-refractivity contribution in [1.29, 1.82) is 0 Å². The molecule has 0 aliphatic carbocycles. The number of rotatable bonds is 4. The number of hydrogen-bond acceptors (Lipinski definition) is 5. The molecule has 0 aromatic heterocycles. The minimum atomic E-state index is -0.907. The lowest BCUT2D eigenvalue weighted by Gasteiger charge is -2.11. The first-order valence-electron chi connectivity index (χ1n) is 7.61. The SMILES string of the molecule is C=CC(O)c1cc(Br)cc(Cl)c1O.Oc1c(Cl)cc(Br)cc1C(O)C1CO1. The van der Waals surface area contributed by atoms with Crippen LogP contribution in [-0.2, 0) is 4.74 Å². The van der Waals surface area contributed by atoms with Crippen molar-refractivity contribution in [1.82, 2.24) is 0 Å².